The third-order valence-electron chi connectivity index (χ3n) is 6.18. The molecule has 0 spiro atoms. The average Bonchev–Trinajstić information content (AvgIpc) is 3.05. The lowest BCUT2D eigenvalue weighted by Crippen LogP contribution is -2.54. The summed E-state index contributed by atoms with van der Waals surface area (Å²) in [4.78, 5) is 32.7. The van der Waals surface area contributed by atoms with Gasteiger partial charge >= 0.3 is 0 Å². The highest BCUT2D eigenvalue weighted by molar-refractivity contribution is 5.98. The molecular weight excluding hydrogens is 447 g/mol. The Kier molecular flexibility index (Phi) is 7.70. The van der Waals surface area contributed by atoms with Gasteiger partial charge in [-0.15, -0.1) is 0 Å². The fourth-order valence-electron chi connectivity index (χ4n) is 4.00. The van der Waals surface area contributed by atoms with Gasteiger partial charge in [-0.3, -0.25) is 14.5 Å². The zero-order valence-electron chi connectivity index (χ0n) is 20.2. The van der Waals surface area contributed by atoms with Crippen LogP contribution in [0.2, 0.25) is 0 Å². The summed E-state index contributed by atoms with van der Waals surface area (Å²) in [5.41, 5.74) is 0.444. The van der Waals surface area contributed by atoms with Crippen LogP contribution in [0, 0.1) is 17.0 Å². The van der Waals surface area contributed by atoms with Crippen LogP contribution in [0.1, 0.15) is 50.3 Å². The van der Waals surface area contributed by atoms with E-state index in [9.17, 15) is 22.8 Å². The van der Waals surface area contributed by atoms with Crippen molar-refractivity contribution in [3.8, 4) is 11.4 Å². The molecule has 1 aromatic heterocycles. The summed E-state index contributed by atoms with van der Waals surface area (Å²) in [5.74, 6) is -2.66. The minimum atomic E-state index is -1.00. The van der Waals surface area contributed by atoms with E-state index < -0.39 is 41.6 Å². The molecule has 0 bridgehead atoms. The van der Waals surface area contributed by atoms with Crippen molar-refractivity contribution in [2.24, 2.45) is 5.41 Å². The number of halogens is 3. The second kappa shape index (κ2) is 10.2. The molecular formula is C24H32F3N5O2. The molecule has 2 amide bonds. The van der Waals surface area contributed by atoms with E-state index in [1.807, 2.05) is 11.6 Å². The number of hydrogen-bond donors (Lipinski definition) is 2. The quantitative estimate of drug-likeness (QED) is 0.667. The third kappa shape index (κ3) is 5.43. The van der Waals surface area contributed by atoms with E-state index >= 15 is 0 Å². The topological polar surface area (TPSA) is 79.3 Å². The SMILES string of the molecule is CC1CCn2c(-c3ccc(F)c(F)c3)nc(C(=O)NC(C(=O)NCCF)C(C)(C)C)c2CN1C. The van der Waals surface area contributed by atoms with Crippen molar-refractivity contribution in [3.05, 3.63) is 41.2 Å². The fourth-order valence-corrected chi connectivity index (χ4v) is 4.00. The molecule has 1 aromatic carbocycles. The first-order valence-corrected chi connectivity index (χ1v) is 11.3. The number of nitrogens with zero attached hydrogens (tertiary/aromatic N) is 3. The lowest BCUT2D eigenvalue weighted by Gasteiger charge is -2.30. The summed E-state index contributed by atoms with van der Waals surface area (Å²) in [7, 11) is 1.94. The molecule has 0 radical (unpaired) electrons. The number of rotatable bonds is 6. The normalized spacial score (nSPS) is 17.6. The van der Waals surface area contributed by atoms with Crippen LogP contribution in [0.15, 0.2) is 18.2 Å². The van der Waals surface area contributed by atoms with Gasteiger partial charge in [0.2, 0.25) is 5.91 Å². The number of alkyl halides is 1. The molecule has 0 saturated heterocycles. The van der Waals surface area contributed by atoms with Crippen LogP contribution in [0.4, 0.5) is 13.2 Å². The van der Waals surface area contributed by atoms with Crippen LogP contribution in [0.3, 0.4) is 0 Å². The van der Waals surface area contributed by atoms with Gasteiger partial charge in [-0.25, -0.2) is 18.2 Å². The standard InChI is InChI=1S/C24H32F3N5O2/c1-14-8-11-32-18(13-31(14)5)19(29-21(32)15-6-7-16(26)17(27)12-15)22(33)30-20(24(2,3)4)23(34)28-10-9-25/h6-7,12,14,20H,8-11,13H2,1-5H3,(H,28,34)(H,30,33). The van der Waals surface area contributed by atoms with Gasteiger partial charge in [-0.05, 0) is 44.0 Å². The Morgan fingerprint density at radius 3 is 2.56 bits per heavy atom. The van der Waals surface area contributed by atoms with Crippen LogP contribution in [0.25, 0.3) is 11.4 Å². The van der Waals surface area contributed by atoms with Crippen LogP contribution in [-0.2, 0) is 17.9 Å². The first kappa shape index (κ1) is 25.7. The van der Waals surface area contributed by atoms with Crippen LogP contribution in [-0.4, -0.2) is 58.6 Å². The Bertz CT molecular complexity index is 1060. The second-order valence-corrected chi connectivity index (χ2v) is 9.82. The largest absolute Gasteiger partial charge is 0.352 e. The molecule has 3 rings (SSSR count). The molecule has 0 saturated carbocycles. The zero-order valence-corrected chi connectivity index (χ0v) is 20.2. The van der Waals surface area contributed by atoms with E-state index in [0.29, 0.717) is 30.2 Å². The van der Waals surface area contributed by atoms with Gasteiger partial charge in [0.25, 0.3) is 5.91 Å². The molecule has 2 heterocycles. The first-order chi connectivity index (χ1) is 15.9. The number of carbonyl (C=O) groups is 2. The number of amides is 2. The van der Waals surface area contributed by atoms with Crippen molar-refractivity contribution in [2.75, 3.05) is 20.3 Å². The van der Waals surface area contributed by atoms with Crippen molar-refractivity contribution in [1.82, 2.24) is 25.1 Å². The molecule has 7 nitrogen and oxygen atoms in total. The van der Waals surface area contributed by atoms with E-state index in [1.54, 1.807) is 20.8 Å². The fraction of sp³-hybridized carbons (Fsp3) is 0.542. The number of fused-ring (bicyclic) bond motifs is 1. The maximum absolute atomic E-state index is 14.0. The molecule has 34 heavy (non-hydrogen) atoms. The first-order valence-electron chi connectivity index (χ1n) is 11.3. The molecule has 2 atom stereocenters. The number of hydrogen-bond acceptors (Lipinski definition) is 4. The monoisotopic (exact) mass is 479 g/mol. The predicted octanol–water partition coefficient (Wildman–Crippen LogP) is 3.28. The maximum atomic E-state index is 14.0. The van der Waals surface area contributed by atoms with Crippen molar-refractivity contribution < 1.29 is 22.8 Å². The van der Waals surface area contributed by atoms with Gasteiger partial charge in [0.15, 0.2) is 17.3 Å². The summed E-state index contributed by atoms with van der Waals surface area (Å²) < 4.78 is 42.0. The Hall–Kier alpha value is -2.88. The van der Waals surface area contributed by atoms with E-state index in [2.05, 4.69) is 27.4 Å². The van der Waals surface area contributed by atoms with E-state index in [-0.39, 0.29) is 18.3 Å². The number of aromatic nitrogens is 2. The molecule has 1 aliphatic heterocycles. The van der Waals surface area contributed by atoms with Crippen LogP contribution >= 0.6 is 0 Å². The second-order valence-electron chi connectivity index (χ2n) is 9.82. The molecule has 10 heteroatoms. The lowest BCUT2D eigenvalue weighted by molar-refractivity contribution is -0.125. The van der Waals surface area contributed by atoms with Gasteiger partial charge in [0, 0.05) is 31.2 Å². The lowest BCUT2D eigenvalue weighted by atomic mass is 9.86. The Labute approximate surface area is 197 Å². The van der Waals surface area contributed by atoms with Gasteiger partial charge in [-0.2, -0.15) is 0 Å². The summed E-state index contributed by atoms with van der Waals surface area (Å²) in [6.45, 7) is 7.54. The van der Waals surface area contributed by atoms with Crippen molar-refractivity contribution in [2.45, 2.75) is 59.3 Å². The van der Waals surface area contributed by atoms with Gasteiger partial charge in [0.05, 0.1) is 5.69 Å². The number of imidazole rings is 1. The zero-order chi connectivity index (χ0) is 25.2. The highest BCUT2D eigenvalue weighted by Gasteiger charge is 2.35. The van der Waals surface area contributed by atoms with Gasteiger partial charge in [0.1, 0.15) is 18.5 Å². The summed E-state index contributed by atoms with van der Waals surface area (Å²) in [5, 5.41) is 5.25. The van der Waals surface area contributed by atoms with Crippen molar-refractivity contribution >= 4 is 11.8 Å². The van der Waals surface area contributed by atoms with Gasteiger partial charge in [-0.1, -0.05) is 20.8 Å². The average molecular weight is 480 g/mol. The number of carbonyl (C=O) groups excluding carboxylic acids is 2. The highest BCUT2D eigenvalue weighted by Crippen LogP contribution is 2.29. The Balaban J connectivity index is 2.04. The molecule has 2 N–H and O–H groups in total. The molecule has 2 unspecified atom stereocenters. The van der Waals surface area contributed by atoms with Crippen molar-refractivity contribution in [3.63, 3.8) is 0 Å². The Morgan fingerprint density at radius 2 is 1.94 bits per heavy atom. The minimum absolute atomic E-state index is 0.119. The van der Waals surface area contributed by atoms with Crippen molar-refractivity contribution in [1.29, 1.82) is 0 Å². The predicted molar refractivity (Wildman–Crippen MR) is 123 cm³/mol. The molecule has 0 aliphatic carbocycles. The van der Waals surface area contributed by atoms with E-state index in [1.165, 1.54) is 6.07 Å². The maximum Gasteiger partial charge on any atom is 0.272 e. The minimum Gasteiger partial charge on any atom is -0.352 e. The van der Waals surface area contributed by atoms with Crippen LogP contribution < -0.4 is 10.6 Å². The smallest absolute Gasteiger partial charge is 0.272 e. The third-order valence-corrected chi connectivity index (χ3v) is 6.18. The Morgan fingerprint density at radius 1 is 1.24 bits per heavy atom. The van der Waals surface area contributed by atoms with Gasteiger partial charge < -0.3 is 15.2 Å². The van der Waals surface area contributed by atoms with E-state index in [4.69, 9.17) is 0 Å². The summed E-state index contributed by atoms with van der Waals surface area (Å²) in [6, 6.07) is 2.81. The molecule has 1 aliphatic rings. The number of benzene rings is 1. The number of nitrogens with one attached hydrogen (secondary N) is 2. The molecule has 2 aromatic rings. The highest BCUT2D eigenvalue weighted by atomic mass is 19.2. The van der Waals surface area contributed by atoms with Crippen LogP contribution in [0.5, 0.6) is 0 Å². The van der Waals surface area contributed by atoms with E-state index in [0.717, 1.165) is 18.6 Å². The molecule has 0 fully saturated rings. The summed E-state index contributed by atoms with van der Waals surface area (Å²) in [6.07, 6.45) is 0.772. The summed E-state index contributed by atoms with van der Waals surface area (Å²) >= 11 is 0. The molecule has 186 valence electrons.